The van der Waals surface area contributed by atoms with Gasteiger partial charge >= 0.3 is 32.7 Å². The van der Waals surface area contributed by atoms with Gasteiger partial charge in [-0.05, 0) is 0 Å². The molecule has 0 bridgehead atoms. The standard InChI is InChI=1S/C3H6B2/c1-2-3-4-5-3/h3H,2H2,1H3. The predicted molar refractivity (Wildman–Crippen MR) is 25.5 cm³/mol. The third kappa shape index (κ3) is 0.712. The zero-order valence-corrected chi connectivity index (χ0v) is 3.44. The van der Waals surface area contributed by atoms with Gasteiger partial charge in [0.05, 0.1) is 0 Å². The summed E-state index contributed by atoms with van der Waals surface area (Å²) < 4.78 is 0. The van der Waals surface area contributed by atoms with Gasteiger partial charge in [-0.2, -0.15) is 0 Å². The van der Waals surface area contributed by atoms with Crippen LogP contribution >= 0.6 is 0 Å². The Bertz CT molecular complexity index is 51.9. The van der Waals surface area contributed by atoms with E-state index in [4.69, 9.17) is 0 Å². The average molecular weight is 63.7 g/mol. The van der Waals surface area contributed by atoms with Gasteiger partial charge < -0.3 is 0 Å². The van der Waals surface area contributed by atoms with E-state index in [9.17, 15) is 0 Å². The van der Waals surface area contributed by atoms with Crippen molar-refractivity contribution in [3.8, 4) is 0 Å². The van der Waals surface area contributed by atoms with Crippen molar-refractivity contribution < 1.29 is 0 Å². The second-order valence-electron chi connectivity index (χ2n) is 1.46. The molecular formula is C3H6B2. The number of hydrogen-bond acceptors (Lipinski definition) is 0. The third-order valence-electron chi connectivity index (χ3n) is 0.936. The molecule has 0 nitrogen and oxygen atoms in total. The van der Waals surface area contributed by atoms with E-state index in [1.54, 1.807) is 0 Å². The van der Waals surface area contributed by atoms with Crippen LogP contribution in [-0.2, 0) is 0 Å². The maximum absolute atomic E-state index is 2.22. The first-order valence-corrected chi connectivity index (χ1v) is 2.12. The second-order valence-corrected chi connectivity index (χ2v) is 1.46. The monoisotopic (exact) mass is 64.1 g/mol. The van der Waals surface area contributed by atoms with E-state index < -0.39 is 0 Å². The van der Waals surface area contributed by atoms with Gasteiger partial charge in [0.1, 0.15) is 0 Å². The van der Waals surface area contributed by atoms with E-state index in [0.717, 1.165) is 5.72 Å². The molecule has 1 heterocycles. The summed E-state index contributed by atoms with van der Waals surface area (Å²) in [6.07, 6.45) is 1.31. The molecule has 1 rings (SSSR count). The van der Waals surface area contributed by atoms with E-state index in [2.05, 4.69) is 20.5 Å². The van der Waals surface area contributed by atoms with E-state index >= 15 is 0 Å². The van der Waals surface area contributed by atoms with Gasteiger partial charge in [-0.3, -0.25) is 0 Å². The van der Waals surface area contributed by atoms with Crippen LogP contribution in [0.5, 0.6) is 0 Å². The first kappa shape index (κ1) is 3.32. The Morgan fingerprint density at radius 3 is 2.20 bits per heavy atom. The quantitative estimate of drug-likeness (QED) is 0.389. The molecule has 0 fully saturated rings. The molecular weight excluding hydrogens is 57.7 g/mol. The fraction of sp³-hybridized carbons (Fsp3) is 1.00. The van der Waals surface area contributed by atoms with Crippen LogP contribution in [0.4, 0.5) is 0 Å². The van der Waals surface area contributed by atoms with Gasteiger partial charge in [0.25, 0.3) is 0 Å². The molecule has 1 aliphatic rings. The summed E-state index contributed by atoms with van der Waals surface area (Å²) in [5.41, 5.74) is 0.884. The number of rotatable bonds is 1. The van der Waals surface area contributed by atoms with E-state index in [0.29, 0.717) is 0 Å². The molecule has 0 N–H and O–H groups in total. The second kappa shape index (κ2) is 1.08. The first-order chi connectivity index (χ1) is 2.43. The third-order valence-corrected chi connectivity index (χ3v) is 0.936. The molecule has 2 heteroatoms. The maximum atomic E-state index is 2.22. The summed E-state index contributed by atoms with van der Waals surface area (Å²) >= 11 is 0. The molecule has 5 heavy (non-hydrogen) atoms. The van der Waals surface area contributed by atoms with Gasteiger partial charge in [0.2, 0.25) is 0 Å². The van der Waals surface area contributed by atoms with Crippen LogP contribution in [0.15, 0.2) is 0 Å². The zero-order chi connectivity index (χ0) is 3.70. The fourth-order valence-electron chi connectivity index (χ4n) is 0.351. The Hall–Kier alpha value is 0.130. The molecule has 0 aromatic carbocycles. The Balaban J connectivity index is 2.06. The van der Waals surface area contributed by atoms with Gasteiger partial charge in [0, 0.05) is 0 Å². The van der Waals surface area contributed by atoms with E-state index in [-0.39, 0.29) is 0 Å². The summed E-state index contributed by atoms with van der Waals surface area (Å²) in [6.45, 7) is 6.64. The fourth-order valence-corrected chi connectivity index (χ4v) is 0.351. The van der Waals surface area contributed by atoms with Crippen LogP contribution < -0.4 is 0 Å². The van der Waals surface area contributed by atoms with Crippen molar-refractivity contribution in [1.29, 1.82) is 0 Å². The Labute approximate surface area is 33.7 Å². The first-order valence-electron chi connectivity index (χ1n) is 2.12. The molecule has 24 valence electrons. The Morgan fingerprint density at radius 1 is 1.60 bits per heavy atom. The Kier molecular flexibility index (Phi) is 0.716. The molecule has 1 aliphatic heterocycles. The van der Waals surface area contributed by atoms with Gasteiger partial charge in [0.15, 0.2) is 0 Å². The molecule has 0 aromatic rings. The average Bonchev–Trinajstić information content (AvgIpc) is 2.12. The van der Waals surface area contributed by atoms with E-state index in [1.807, 2.05) is 0 Å². The van der Waals surface area contributed by atoms with Crippen LogP contribution in [0, 0.1) is 0 Å². The summed E-state index contributed by atoms with van der Waals surface area (Å²) in [4.78, 5) is 0. The summed E-state index contributed by atoms with van der Waals surface area (Å²) in [5.74, 6) is 0. The molecule has 0 radical (unpaired) electrons. The molecule has 0 spiro atoms. The molecule has 0 saturated carbocycles. The predicted octanol–water partition coefficient (Wildman–Crippen LogP) is 0.479. The van der Waals surface area contributed by atoms with E-state index in [1.165, 1.54) is 6.42 Å². The van der Waals surface area contributed by atoms with Crippen molar-refractivity contribution >= 4 is 13.6 Å². The summed E-state index contributed by atoms with van der Waals surface area (Å²) in [5, 5.41) is 0. The van der Waals surface area contributed by atoms with Crippen molar-refractivity contribution in [3.05, 3.63) is 0 Å². The number of hydrogen-bond donors (Lipinski definition) is 0. The van der Waals surface area contributed by atoms with Crippen molar-refractivity contribution in [2.45, 2.75) is 19.1 Å². The SMILES string of the molecule is CCC1B=B1. The Morgan fingerprint density at radius 2 is 2.20 bits per heavy atom. The van der Waals surface area contributed by atoms with Crippen LogP contribution in [0.3, 0.4) is 0 Å². The van der Waals surface area contributed by atoms with Gasteiger partial charge in [-0.25, -0.2) is 0 Å². The normalized spacial score (nSPS) is 17.0. The van der Waals surface area contributed by atoms with Crippen LogP contribution in [0.25, 0.3) is 0 Å². The minimum absolute atomic E-state index is 0.884. The molecule has 0 aliphatic carbocycles. The zero-order valence-electron chi connectivity index (χ0n) is 3.44. The van der Waals surface area contributed by atoms with Crippen molar-refractivity contribution in [1.82, 2.24) is 0 Å². The molecule has 0 saturated heterocycles. The van der Waals surface area contributed by atoms with Gasteiger partial charge in [-0.1, -0.05) is 0 Å². The van der Waals surface area contributed by atoms with Crippen molar-refractivity contribution in [2.75, 3.05) is 0 Å². The molecule has 0 atom stereocenters. The topological polar surface area (TPSA) is 0 Å². The van der Waals surface area contributed by atoms with Gasteiger partial charge in [-0.15, -0.1) is 0 Å². The van der Waals surface area contributed by atoms with Crippen LogP contribution in [-0.4, -0.2) is 13.6 Å². The van der Waals surface area contributed by atoms with Crippen LogP contribution in [0.2, 0.25) is 5.72 Å². The van der Waals surface area contributed by atoms with Crippen LogP contribution in [0.1, 0.15) is 13.3 Å². The van der Waals surface area contributed by atoms with Crippen molar-refractivity contribution in [3.63, 3.8) is 0 Å². The minimum atomic E-state index is 0.884. The van der Waals surface area contributed by atoms with Crippen molar-refractivity contribution in [2.24, 2.45) is 0 Å². The summed E-state index contributed by atoms with van der Waals surface area (Å²) in [6, 6.07) is 0. The molecule has 0 unspecified atom stereocenters. The molecule has 0 amide bonds. The molecule has 0 aromatic heterocycles. The summed E-state index contributed by atoms with van der Waals surface area (Å²) in [7, 11) is 0.